The van der Waals surface area contributed by atoms with Crippen LogP contribution >= 0.6 is 0 Å². The Kier molecular flexibility index (Phi) is 5.94. The van der Waals surface area contributed by atoms with Gasteiger partial charge in [0.25, 0.3) is 0 Å². The van der Waals surface area contributed by atoms with Crippen LogP contribution in [0.2, 0.25) is 0 Å². The van der Waals surface area contributed by atoms with Gasteiger partial charge in [0.2, 0.25) is 10.0 Å². The van der Waals surface area contributed by atoms with Gasteiger partial charge >= 0.3 is 0 Å². The molecule has 0 bridgehead atoms. The zero-order chi connectivity index (χ0) is 14.3. The molecule has 0 heterocycles. The molecule has 0 amide bonds. The first-order valence-electron chi connectivity index (χ1n) is 5.84. The van der Waals surface area contributed by atoms with Crippen LogP contribution in [-0.2, 0) is 21.3 Å². The van der Waals surface area contributed by atoms with Crippen molar-refractivity contribution in [3.8, 4) is 0 Å². The Bertz CT molecular complexity index is 529. The van der Waals surface area contributed by atoms with E-state index in [4.69, 9.17) is 15.9 Å². The Hall–Kier alpha value is -1.44. The fourth-order valence-corrected chi connectivity index (χ4v) is 2.54. The Morgan fingerprint density at radius 2 is 2.21 bits per heavy atom. The van der Waals surface area contributed by atoms with Gasteiger partial charge in [-0.3, -0.25) is 5.41 Å². The van der Waals surface area contributed by atoms with Crippen molar-refractivity contribution < 1.29 is 13.2 Å². The Labute approximate surface area is 113 Å². The second kappa shape index (κ2) is 7.22. The highest BCUT2D eigenvalue weighted by molar-refractivity contribution is 7.89. The Morgan fingerprint density at radius 3 is 2.84 bits per heavy atom. The number of rotatable bonds is 8. The number of nitrogen functional groups attached to an aromatic ring is 1. The molecule has 0 fully saturated rings. The van der Waals surface area contributed by atoms with Gasteiger partial charge < -0.3 is 10.5 Å². The van der Waals surface area contributed by atoms with Gasteiger partial charge in [0.05, 0.1) is 5.75 Å². The fourth-order valence-electron chi connectivity index (χ4n) is 1.51. The zero-order valence-electron chi connectivity index (χ0n) is 10.8. The summed E-state index contributed by atoms with van der Waals surface area (Å²) >= 11 is 0. The first-order chi connectivity index (χ1) is 8.94. The van der Waals surface area contributed by atoms with Crippen molar-refractivity contribution in [1.29, 1.82) is 5.41 Å². The molecule has 0 saturated heterocycles. The second-order valence-electron chi connectivity index (χ2n) is 4.10. The van der Waals surface area contributed by atoms with Gasteiger partial charge in [-0.15, -0.1) is 0 Å². The molecule has 0 spiro atoms. The number of nitrogens with two attached hydrogens (primary N) is 1. The van der Waals surface area contributed by atoms with Gasteiger partial charge in [0, 0.05) is 25.8 Å². The average molecular weight is 285 g/mol. The minimum absolute atomic E-state index is 0.0350. The molecule has 0 aliphatic heterocycles. The van der Waals surface area contributed by atoms with Crippen molar-refractivity contribution in [3.63, 3.8) is 0 Å². The summed E-state index contributed by atoms with van der Waals surface area (Å²) in [6, 6.07) is 6.92. The number of hydrogen-bond acceptors (Lipinski definition) is 4. The normalized spacial score (nSPS) is 11.4. The highest BCUT2D eigenvalue weighted by Gasteiger charge is 2.09. The first kappa shape index (κ1) is 15.6. The van der Waals surface area contributed by atoms with E-state index >= 15 is 0 Å². The minimum Gasteiger partial charge on any atom is -0.385 e. The molecule has 1 aromatic rings. The predicted octanol–water partition coefficient (Wildman–Crippen LogP) is 0.427. The lowest BCUT2D eigenvalue weighted by Crippen LogP contribution is -2.26. The quantitative estimate of drug-likeness (QED) is 0.366. The molecule has 0 atom stereocenters. The topological polar surface area (TPSA) is 105 Å². The van der Waals surface area contributed by atoms with Crippen LogP contribution in [0.15, 0.2) is 24.3 Å². The lowest BCUT2D eigenvalue weighted by molar-refractivity contribution is 0.199. The van der Waals surface area contributed by atoms with E-state index in [0.29, 0.717) is 18.6 Å². The van der Waals surface area contributed by atoms with Crippen molar-refractivity contribution in [2.45, 2.75) is 13.0 Å². The van der Waals surface area contributed by atoms with E-state index in [1.54, 1.807) is 24.3 Å². The fraction of sp³-hybridized carbons (Fsp3) is 0.417. The number of benzene rings is 1. The predicted molar refractivity (Wildman–Crippen MR) is 74.6 cm³/mol. The second-order valence-corrected chi connectivity index (χ2v) is 6.03. The lowest BCUT2D eigenvalue weighted by Gasteiger charge is -2.07. The molecule has 0 radical (unpaired) electrons. The van der Waals surface area contributed by atoms with Gasteiger partial charge in [0.15, 0.2) is 0 Å². The summed E-state index contributed by atoms with van der Waals surface area (Å²) in [6.45, 7) is 0.608. The van der Waals surface area contributed by atoms with Crippen molar-refractivity contribution >= 4 is 15.9 Å². The van der Waals surface area contributed by atoms with E-state index in [2.05, 4.69) is 4.72 Å². The maximum Gasteiger partial charge on any atom is 0.211 e. The molecule has 7 heteroatoms. The highest BCUT2D eigenvalue weighted by Crippen LogP contribution is 2.05. The average Bonchev–Trinajstić information content (AvgIpc) is 2.37. The standard InChI is InChI=1S/C12H19N3O3S/c1-18-6-3-7-19(16,17)15-9-10-4-2-5-11(8-10)12(13)14/h2,4-5,8,15H,3,6-7,9H2,1H3,(H3,13,14). The maximum absolute atomic E-state index is 11.7. The van der Waals surface area contributed by atoms with Crippen molar-refractivity contribution in [3.05, 3.63) is 35.4 Å². The van der Waals surface area contributed by atoms with Crippen LogP contribution in [0.5, 0.6) is 0 Å². The Morgan fingerprint density at radius 1 is 1.47 bits per heavy atom. The van der Waals surface area contributed by atoms with Gasteiger partial charge in [-0.2, -0.15) is 0 Å². The molecule has 19 heavy (non-hydrogen) atoms. The number of ether oxygens (including phenoxy) is 1. The summed E-state index contributed by atoms with van der Waals surface area (Å²) in [6.07, 6.45) is 0.458. The smallest absolute Gasteiger partial charge is 0.211 e. The lowest BCUT2D eigenvalue weighted by atomic mass is 10.1. The van der Waals surface area contributed by atoms with Gasteiger partial charge in [0.1, 0.15) is 5.84 Å². The van der Waals surface area contributed by atoms with E-state index in [9.17, 15) is 8.42 Å². The van der Waals surface area contributed by atoms with Crippen molar-refractivity contribution in [2.75, 3.05) is 19.5 Å². The summed E-state index contributed by atoms with van der Waals surface area (Å²) in [5.41, 5.74) is 6.72. The summed E-state index contributed by atoms with van der Waals surface area (Å²) in [4.78, 5) is 0. The monoisotopic (exact) mass is 285 g/mol. The minimum atomic E-state index is -3.30. The van der Waals surface area contributed by atoms with E-state index < -0.39 is 10.0 Å². The van der Waals surface area contributed by atoms with Crippen LogP contribution in [0.3, 0.4) is 0 Å². The molecule has 0 aromatic heterocycles. The number of nitrogens with one attached hydrogen (secondary N) is 2. The molecule has 4 N–H and O–H groups in total. The largest absolute Gasteiger partial charge is 0.385 e. The van der Waals surface area contributed by atoms with Crippen LogP contribution < -0.4 is 10.5 Å². The van der Waals surface area contributed by atoms with Crippen LogP contribution in [0.1, 0.15) is 17.5 Å². The highest BCUT2D eigenvalue weighted by atomic mass is 32.2. The molecule has 106 valence electrons. The van der Waals surface area contributed by atoms with Crippen LogP contribution in [-0.4, -0.2) is 33.7 Å². The summed E-state index contributed by atoms with van der Waals surface area (Å²) in [5, 5.41) is 7.32. The number of methoxy groups -OCH3 is 1. The van der Waals surface area contributed by atoms with Crippen LogP contribution in [0, 0.1) is 5.41 Å². The molecule has 0 saturated carbocycles. The van der Waals surface area contributed by atoms with Gasteiger partial charge in [-0.25, -0.2) is 13.1 Å². The van der Waals surface area contributed by atoms with Gasteiger partial charge in [-0.05, 0) is 18.1 Å². The Balaban J connectivity index is 2.56. The third kappa shape index (κ3) is 5.82. The third-order valence-electron chi connectivity index (χ3n) is 2.50. The summed E-state index contributed by atoms with van der Waals surface area (Å²) in [5.74, 6) is -0.00226. The first-order valence-corrected chi connectivity index (χ1v) is 7.49. The van der Waals surface area contributed by atoms with Crippen LogP contribution in [0.4, 0.5) is 0 Å². The van der Waals surface area contributed by atoms with Gasteiger partial charge in [-0.1, -0.05) is 18.2 Å². The van der Waals surface area contributed by atoms with Crippen LogP contribution in [0.25, 0.3) is 0 Å². The molecular weight excluding hydrogens is 266 g/mol. The van der Waals surface area contributed by atoms with Crippen molar-refractivity contribution in [1.82, 2.24) is 4.72 Å². The van der Waals surface area contributed by atoms with E-state index in [0.717, 1.165) is 5.56 Å². The molecule has 1 rings (SSSR count). The summed E-state index contributed by atoms with van der Waals surface area (Å²) in [7, 11) is -1.77. The third-order valence-corrected chi connectivity index (χ3v) is 3.91. The maximum atomic E-state index is 11.7. The SMILES string of the molecule is COCCCS(=O)(=O)NCc1cccc(C(=N)N)c1. The van der Waals surface area contributed by atoms with Crippen molar-refractivity contribution in [2.24, 2.45) is 5.73 Å². The molecule has 0 aliphatic carbocycles. The van der Waals surface area contributed by atoms with E-state index in [-0.39, 0.29) is 18.1 Å². The number of amidine groups is 1. The molecular formula is C12H19N3O3S. The van der Waals surface area contributed by atoms with E-state index in [1.807, 2.05) is 0 Å². The van der Waals surface area contributed by atoms with E-state index in [1.165, 1.54) is 7.11 Å². The molecule has 0 unspecified atom stereocenters. The molecule has 6 nitrogen and oxygen atoms in total. The molecule has 0 aliphatic rings. The number of hydrogen-bond donors (Lipinski definition) is 3. The summed E-state index contributed by atoms with van der Waals surface area (Å²) < 4.78 is 30.6. The number of sulfonamides is 1. The molecule has 1 aromatic carbocycles. The zero-order valence-corrected chi connectivity index (χ0v) is 11.7.